The molecule has 0 aliphatic heterocycles. The minimum Gasteiger partial charge on any atom is -0.309 e. The highest BCUT2D eigenvalue weighted by molar-refractivity contribution is 6.27. The molecule has 0 heterocycles. The minimum absolute atomic E-state index is 0.271. The molecule has 3 aliphatic rings. The molecule has 83 heavy (non-hydrogen) atoms. The van der Waals surface area contributed by atoms with Gasteiger partial charge in [0, 0.05) is 55.1 Å². The third-order valence-corrected chi connectivity index (χ3v) is 18.7. The lowest BCUT2D eigenvalue weighted by atomic mass is 9.80. The molecular formula is C81H60N2. The highest BCUT2D eigenvalue weighted by atomic mass is 15.2. The van der Waals surface area contributed by atoms with Gasteiger partial charge in [-0.15, -0.1) is 0 Å². The second-order valence-corrected chi connectivity index (χ2v) is 24.0. The van der Waals surface area contributed by atoms with E-state index in [9.17, 15) is 0 Å². The lowest BCUT2D eigenvalue weighted by molar-refractivity contribution is 0.659. The summed E-state index contributed by atoms with van der Waals surface area (Å²) >= 11 is 0. The third-order valence-electron chi connectivity index (χ3n) is 18.7. The Kier molecular flexibility index (Phi) is 10.9. The summed E-state index contributed by atoms with van der Waals surface area (Å²) in [4.78, 5) is 5.05. The van der Waals surface area contributed by atoms with Crippen LogP contribution in [0, 0.1) is 0 Å². The number of rotatable bonds is 6. The molecule has 0 aromatic heterocycles. The van der Waals surface area contributed by atoms with E-state index in [0.717, 1.165) is 46.1 Å². The Balaban J connectivity index is 0.883. The van der Waals surface area contributed by atoms with Gasteiger partial charge in [0.15, 0.2) is 0 Å². The predicted octanol–water partition coefficient (Wildman–Crippen LogP) is 22.4. The maximum Gasteiger partial charge on any atom is 0.0619 e. The average Bonchev–Trinajstić information content (AvgIpc) is 3.00. The van der Waals surface area contributed by atoms with Gasteiger partial charge >= 0.3 is 0 Å². The molecule has 2 heteroatoms. The summed E-state index contributed by atoms with van der Waals surface area (Å²) in [6.45, 7) is 14.2. The number of benzene rings is 13. The van der Waals surface area contributed by atoms with E-state index < -0.39 is 0 Å². The summed E-state index contributed by atoms with van der Waals surface area (Å²) in [6, 6.07) is 91.3. The van der Waals surface area contributed by atoms with Crippen LogP contribution in [0.15, 0.2) is 274 Å². The molecule has 0 amide bonds. The summed E-state index contributed by atoms with van der Waals surface area (Å²) in [5.74, 6) is 0. The molecule has 0 bridgehead atoms. The summed E-state index contributed by atoms with van der Waals surface area (Å²) in [5.41, 5.74) is 22.8. The predicted molar refractivity (Wildman–Crippen MR) is 355 cm³/mol. The topological polar surface area (TPSA) is 6.48 Å². The van der Waals surface area contributed by atoms with Gasteiger partial charge < -0.3 is 9.80 Å². The van der Waals surface area contributed by atoms with Crippen LogP contribution in [0.4, 0.5) is 34.1 Å². The van der Waals surface area contributed by atoms with E-state index in [4.69, 9.17) is 0 Å². The van der Waals surface area contributed by atoms with E-state index in [1.54, 1.807) is 0 Å². The summed E-state index contributed by atoms with van der Waals surface area (Å²) < 4.78 is 0. The monoisotopic (exact) mass is 1060 g/mol. The number of fused-ring (bicyclic) bond motifs is 17. The Morgan fingerprint density at radius 2 is 0.699 bits per heavy atom. The SMILES string of the molecule is C=C1/C=C\C=C/Cc2cc3c(cc2-c2ccccc21)-c1ccc(N(c2ccccc2)c2c4ccccc4c(N(c4ccccc4)c4ccc5c(c4)C(C)(C)c4cc6c7ccccc7c7ccccc7c6cc4-5)c4ccccc24)cc1C3(C)C. The molecule has 0 spiro atoms. The first-order valence-corrected chi connectivity index (χ1v) is 29.2. The maximum absolute atomic E-state index is 4.50. The van der Waals surface area contributed by atoms with Gasteiger partial charge in [0.2, 0.25) is 0 Å². The summed E-state index contributed by atoms with van der Waals surface area (Å²) in [6.07, 6.45) is 9.53. The van der Waals surface area contributed by atoms with Crippen LogP contribution in [0.3, 0.4) is 0 Å². The van der Waals surface area contributed by atoms with E-state index >= 15 is 0 Å². The van der Waals surface area contributed by atoms with Gasteiger partial charge in [0.1, 0.15) is 0 Å². The fourth-order valence-corrected chi connectivity index (χ4v) is 14.7. The normalized spacial score (nSPS) is 15.1. The number of hydrogen-bond donors (Lipinski definition) is 0. The Hall–Kier alpha value is -10.0. The van der Waals surface area contributed by atoms with Gasteiger partial charge in [-0.3, -0.25) is 0 Å². The van der Waals surface area contributed by atoms with Gasteiger partial charge in [-0.2, -0.15) is 0 Å². The van der Waals surface area contributed by atoms with Crippen molar-refractivity contribution in [2.75, 3.05) is 9.80 Å². The van der Waals surface area contributed by atoms with Gasteiger partial charge in [0.25, 0.3) is 0 Å². The third kappa shape index (κ3) is 7.35. The number of anilines is 6. The van der Waals surface area contributed by atoms with E-state index in [1.165, 1.54) is 121 Å². The molecule has 3 aliphatic carbocycles. The van der Waals surface area contributed by atoms with Crippen molar-refractivity contribution in [1.29, 1.82) is 0 Å². The lowest BCUT2D eigenvalue weighted by Crippen LogP contribution is -2.18. The Bertz CT molecular complexity index is 4900. The Labute approximate surface area is 485 Å². The van der Waals surface area contributed by atoms with Crippen LogP contribution in [0.5, 0.6) is 0 Å². The van der Waals surface area contributed by atoms with Gasteiger partial charge in [-0.05, 0) is 178 Å². The molecule has 2 nitrogen and oxygen atoms in total. The minimum atomic E-state index is -0.272. The number of hydrogen-bond acceptors (Lipinski definition) is 2. The van der Waals surface area contributed by atoms with Crippen LogP contribution in [-0.4, -0.2) is 0 Å². The molecule has 0 N–H and O–H groups in total. The smallest absolute Gasteiger partial charge is 0.0619 e. The van der Waals surface area contributed by atoms with Crippen molar-refractivity contribution in [3.63, 3.8) is 0 Å². The fraction of sp³-hybridized carbons (Fsp3) is 0.0864. The van der Waals surface area contributed by atoms with Gasteiger partial charge in [0.05, 0.1) is 11.4 Å². The quantitative estimate of drug-likeness (QED) is 0.0930. The number of allylic oxidation sites excluding steroid dienone is 5. The molecular weight excluding hydrogens is 1000 g/mol. The molecule has 13 aromatic rings. The highest BCUT2D eigenvalue weighted by Gasteiger charge is 2.39. The highest BCUT2D eigenvalue weighted by Crippen LogP contribution is 2.57. The van der Waals surface area contributed by atoms with E-state index in [1.807, 2.05) is 0 Å². The van der Waals surface area contributed by atoms with Crippen LogP contribution in [0.25, 0.3) is 92.8 Å². The fourth-order valence-electron chi connectivity index (χ4n) is 14.7. The zero-order chi connectivity index (χ0) is 55.7. The maximum atomic E-state index is 4.50. The van der Waals surface area contributed by atoms with E-state index in [2.05, 4.69) is 311 Å². The van der Waals surface area contributed by atoms with Crippen molar-refractivity contribution in [2.45, 2.75) is 44.9 Å². The summed E-state index contributed by atoms with van der Waals surface area (Å²) in [5, 5.41) is 12.5. The first-order valence-electron chi connectivity index (χ1n) is 29.2. The van der Waals surface area contributed by atoms with Crippen molar-refractivity contribution in [1.82, 2.24) is 0 Å². The van der Waals surface area contributed by atoms with Crippen LogP contribution < -0.4 is 9.80 Å². The van der Waals surface area contributed by atoms with Gasteiger partial charge in [-0.1, -0.05) is 235 Å². The van der Waals surface area contributed by atoms with Crippen molar-refractivity contribution in [3.8, 4) is 33.4 Å². The van der Waals surface area contributed by atoms with E-state index in [-0.39, 0.29) is 10.8 Å². The molecule has 16 rings (SSSR count). The molecule has 13 aromatic carbocycles. The van der Waals surface area contributed by atoms with Crippen LogP contribution >= 0.6 is 0 Å². The lowest BCUT2D eigenvalue weighted by Gasteiger charge is -2.34. The van der Waals surface area contributed by atoms with E-state index in [0.29, 0.717) is 0 Å². The van der Waals surface area contributed by atoms with Crippen LogP contribution in [-0.2, 0) is 17.3 Å². The second-order valence-electron chi connectivity index (χ2n) is 24.0. The molecule has 0 saturated heterocycles. The second kappa shape index (κ2) is 18.5. The van der Waals surface area contributed by atoms with Crippen molar-refractivity contribution in [2.24, 2.45) is 0 Å². The molecule has 0 fully saturated rings. The average molecular weight is 1060 g/mol. The summed E-state index contributed by atoms with van der Waals surface area (Å²) in [7, 11) is 0. The van der Waals surface area contributed by atoms with Crippen LogP contribution in [0.2, 0.25) is 0 Å². The number of nitrogens with zero attached hydrogens (tertiary/aromatic N) is 2. The molecule has 0 atom stereocenters. The number of para-hydroxylation sites is 2. The largest absolute Gasteiger partial charge is 0.309 e. The van der Waals surface area contributed by atoms with Crippen molar-refractivity contribution >= 4 is 93.6 Å². The first kappa shape index (κ1) is 48.8. The zero-order valence-corrected chi connectivity index (χ0v) is 47.2. The Morgan fingerprint density at radius 1 is 0.301 bits per heavy atom. The molecule has 0 saturated carbocycles. The molecule has 394 valence electrons. The van der Waals surface area contributed by atoms with Crippen molar-refractivity contribution in [3.05, 3.63) is 307 Å². The Morgan fingerprint density at radius 3 is 1.20 bits per heavy atom. The molecule has 0 radical (unpaired) electrons. The van der Waals surface area contributed by atoms with Crippen molar-refractivity contribution < 1.29 is 0 Å². The standard InChI is InChI=1S/C81H60N2/c1-51-25-9-6-10-26-52-45-74-72(48-69(52)58-32-16-15-31-57(51)58)63-43-41-55(46-75(63)80(74,2)3)82(53-27-11-7-12-28-53)78-65-37-21-23-39-67(65)79(68-40-24-22-38-66(68)78)83(54-29-13-8-14-30-54)56-42-44-64-73-49-70-61-35-19-17-33-59(61)60-34-18-20-36-62(60)71(70)50-77(73)81(4,5)76(64)47-56/h6-25,27-50H,1,26H2,2-5H3/b10-6-,25-9-. The van der Waals surface area contributed by atoms with Gasteiger partial charge in [-0.25, -0.2) is 0 Å². The van der Waals surface area contributed by atoms with Crippen LogP contribution in [0.1, 0.15) is 61.1 Å². The first-order chi connectivity index (χ1) is 40.6. The molecule has 0 unspecified atom stereocenters. The zero-order valence-electron chi connectivity index (χ0n) is 47.2.